The zero-order valence-electron chi connectivity index (χ0n) is 16.7. The number of carbonyl (C=O) groups is 1. The van der Waals surface area contributed by atoms with Gasteiger partial charge in [0, 0.05) is 32.5 Å². The van der Waals surface area contributed by atoms with Crippen molar-refractivity contribution in [2.24, 2.45) is 0 Å². The van der Waals surface area contributed by atoms with Gasteiger partial charge in [-0.05, 0) is 37.3 Å². The van der Waals surface area contributed by atoms with Crippen LogP contribution in [0.15, 0.2) is 57.5 Å². The Morgan fingerprint density at radius 3 is 2.69 bits per heavy atom. The van der Waals surface area contributed by atoms with E-state index < -0.39 is 0 Å². The molecule has 0 aliphatic carbocycles. The molecule has 164 valence electrons. The topological polar surface area (TPSA) is 72.7 Å². The highest BCUT2D eigenvalue weighted by atomic mass is 79.9. The molecule has 11 heteroatoms. The summed E-state index contributed by atoms with van der Waals surface area (Å²) < 4.78 is 2.92. The van der Waals surface area contributed by atoms with Crippen LogP contribution in [0.2, 0.25) is 10.0 Å². The van der Waals surface area contributed by atoms with Gasteiger partial charge in [0.1, 0.15) is 0 Å². The maximum atomic E-state index is 12.5. The van der Waals surface area contributed by atoms with Crippen molar-refractivity contribution in [2.75, 3.05) is 11.1 Å². The van der Waals surface area contributed by atoms with E-state index in [0.29, 0.717) is 32.7 Å². The van der Waals surface area contributed by atoms with Gasteiger partial charge in [0.2, 0.25) is 5.91 Å². The predicted molar refractivity (Wildman–Crippen MR) is 136 cm³/mol. The number of hydrogen-bond donors (Lipinski definition) is 1. The lowest BCUT2D eigenvalue weighted by molar-refractivity contribution is -0.113. The highest BCUT2D eigenvalue weighted by Gasteiger charge is 2.17. The zero-order valence-corrected chi connectivity index (χ0v) is 21.4. The third-order valence-corrected chi connectivity index (χ3v) is 7.23. The van der Waals surface area contributed by atoms with Gasteiger partial charge in [0.05, 0.1) is 16.5 Å². The fraction of sp³-hybridized carbons (Fsp3) is 0.143. The van der Waals surface area contributed by atoms with Gasteiger partial charge in [-0.1, -0.05) is 63.0 Å². The van der Waals surface area contributed by atoms with Crippen molar-refractivity contribution in [1.82, 2.24) is 19.7 Å². The molecule has 1 N–H and O–H groups in total. The molecule has 0 saturated carbocycles. The van der Waals surface area contributed by atoms with Crippen LogP contribution in [0.4, 0.5) is 5.13 Å². The number of carbonyl (C=O) groups excluding carboxylic acids is 1. The summed E-state index contributed by atoms with van der Waals surface area (Å²) in [5, 5.41) is 15.5. The van der Waals surface area contributed by atoms with Gasteiger partial charge in [-0.25, -0.2) is 4.98 Å². The van der Waals surface area contributed by atoms with E-state index in [0.717, 1.165) is 21.3 Å². The second-order valence-electron chi connectivity index (χ2n) is 6.56. The molecular formula is C21H16BrCl2N5OS2. The Hall–Kier alpha value is -1.91. The maximum absolute atomic E-state index is 12.5. The van der Waals surface area contributed by atoms with Crippen LogP contribution in [0.1, 0.15) is 6.92 Å². The first-order chi connectivity index (χ1) is 15.4. The number of rotatable bonds is 7. The first-order valence-corrected chi connectivity index (χ1v) is 12.9. The monoisotopic (exact) mass is 567 g/mol. The molecule has 32 heavy (non-hydrogen) atoms. The number of aromatic nitrogens is 4. The number of benzene rings is 2. The molecule has 0 aliphatic rings. The molecule has 0 fully saturated rings. The minimum absolute atomic E-state index is 0.163. The smallest absolute Gasteiger partial charge is 0.236 e. The summed E-state index contributed by atoms with van der Waals surface area (Å²) in [4.78, 5) is 17.0. The molecule has 0 saturated heterocycles. The molecule has 0 radical (unpaired) electrons. The lowest BCUT2D eigenvalue weighted by Crippen LogP contribution is -2.14. The molecule has 0 aliphatic heterocycles. The van der Waals surface area contributed by atoms with Gasteiger partial charge in [-0.2, -0.15) is 0 Å². The Bertz CT molecular complexity index is 1260. The van der Waals surface area contributed by atoms with E-state index in [4.69, 9.17) is 23.2 Å². The fourth-order valence-corrected chi connectivity index (χ4v) is 5.22. The van der Waals surface area contributed by atoms with E-state index in [2.05, 4.69) is 36.4 Å². The van der Waals surface area contributed by atoms with Crippen LogP contribution in [0, 0.1) is 0 Å². The van der Waals surface area contributed by atoms with Gasteiger partial charge >= 0.3 is 0 Å². The molecule has 2 heterocycles. The summed E-state index contributed by atoms with van der Waals surface area (Å²) >= 11 is 18.4. The van der Waals surface area contributed by atoms with Crippen molar-refractivity contribution >= 4 is 73.3 Å². The van der Waals surface area contributed by atoms with Crippen molar-refractivity contribution in [2.45, 2.75) is 18.6 Å². The van der Waals surface area contributed by atoms with Crippen molar-refractivity contribution in [3.05, 3.63) is 62.4 Å². The highest BCUT2D eigenvalue weighted by Crippen LogP contribution is 2.31. The van der Waals surface area contributed by atoms with E-state index in [1.807, 2.05) is 47.2 Å². The van der Waals surface area contributed by atoms with Crippen LogP contribution >= 0.6 is 62.2 Å². The van der Waals surface area contributed by atoms with Gasteiger partial charge in [-0.3, -0.25) is 4.79 Å². The number of hydrogen-bond acceptors (Lipinski definition) is 6. The summed E-state index contributed by atoms with van der Waals surface area (Å²) in [6.07, 6.45) is 0. The number of thioether (sulfide) groups is 1. The van der Waals surface area contributed by atoms with Crippen LogP contribution in [-0.2, 0) is 11.3 Å². The molecule has 1 amide bonds. The Morgan fingerprint density at radius 1 is 1.19 bits per heavy atom. The molecule has 0 atom stereocenters. The van der Waals surface area contributed by atoms with Crippen molar-refractivity contribution in [1.29, 1.82) is 0 Å². The number of amides is 1. The molecule has 2 aromatic heterocycles. The van der Waals surface area contributed by atoms with E-state index in [1.54, 1.807) is 12.1 Å². The Kier molecular flexibility index (Phi) is 7.52. The van der Waals surface area contributed by atoms with Crippen molar-refractivity contribution < 1.29 is 4.79 Å². The average Bonchev–Trinajstić information content (AvgIpc) is 3.39. The van der Waals surface area contributed by atoms with E-state index in [1.165, 1.54) is 23.1 Å². The zero-order chi connectivity index (χ0) is 22.7. The largest absolute Gasteiger partial charge is 0.302 e. The molecule has 2 aromatic carbocycles. The summed E-state index contributed by atoms with van der Waals surface area (Å²) in [5.74, 6) is 0.652. The number of nitrogens with one attached hydrogen (secondary N) is 1. The van der Waals surface area contributed by atoms with Crippen LogP contribution in [0.25, 0.3) is 22.6 Å². The lowest BCUT2D eigenvalue weighted by Gasteiger charge is -2.08. The quantitative estimate of drug-likeness (QED) is 0.246. The van der Waals surface area contributed by atoms with Crippen LogP contribution in [-0.4, -0.2) is 31.4 Å². The summed E-state index contributed by atoms with van der Waals surface area (Å²) in [6, 6.07) is 13.1. The SMILES string of the molecule is CCn1c(SCC(=O)Nc2nc(-c3ccc(Br)cc3)cs2)nnc1-c1ccc(Cl)cc1Cl. The molecular weight excluding hydrogens is 553 g/mol. The van der Waals surface area contributed by atoms with E-state index in [9.17, 15) is 4.79 Å². The van der Waals surface area contributed by atoms with Gasteiger partial charge in [-0.15, -0.1) is 21.5 Å². The second kappa shape index (κ2) is 10.4. The molecule has 6 nitrogen and oxygen atoms in total. The molecule has 0 unspecified atom stereocenters. The molecule has 0 bridgehead atoms. The van der Waals surface area contributed by atoms with Gasteiger partial charge in [0.25, 0.3) is 0 Å². The second-order valence-corrected chi connectivity index (χ2v) is 10.1. The first kappa shape index (κ1) is 23.3. The Morgan fingerprint density at radius 2 is 1.97 bits per heavy atom. The highest BCUT2D eigenvalue weighted by molar-refractivity contribution is 9.10. The Balaban J connectivity index is 1.41. The molecule has 4 rings (SSSR count). The minimum atomic E-state index is -0.163. The predicted octanol–water partition coefficient (Wildman–Crippen LogP) is 6.89. The van der Waals surface area contributed by atoms with Gasteiger partial charge in [0.15, 0.2) is 16.1 Å². The first-order valence-electron chi connectivity index (χ1n) is 9.47. The number of halogens is 3. The Labute approximate surface area is 211 Å². The lowest BCUT2D eigenvalue weighted by atomic mass is 10.2. The van der Waals surface area contributed by atoms with Crippen molar-refractivity contribution in [3.63, 3.8) is 0 Å². The minimum Gasteiger partial charge on any atom is -0.302 e. The average molecular weight is 569 g/mol. The van der Waals surface area contributed by atoms with Crippen LogP contribution < -0.4 is 5.32 Å². The summed E-state index contributed by atoms with van der Waals surface area (Å²) in [6.45, 7) is 2.62. The van der Waals surface area contributed by atoms with Crippen LogP contribution in [0.3, 0.4) is 0 Å². The maximum Gasteiger partial charge on any atom is 0.236 e. The number of thiazole rings is 1. The van der Waals surface area contributed by atoms with Crippen molar-refractivity contribution in [3.8, 4) is 22.6 Å². The standard InChI is InChI=1S/C21H16BrCl2N5OS2/c1-2-29-19(15-8-7-14(23)9-16(15)24)27-28-21(29)32-11-18(30)26-20-25-17(10-31-20)12-3-5-13(22)6-4-12/h3-10H,2,11H2,1H3,(H,25,26,30). The normalized spacial score (nSPS) is 11.0. The number of anilines is 1. The number of nitrogens with zero attached hydrogens (tertiary/aromatic N) is 4. The molecule has 4 aromatic rings. The summed E-state index contributed by atoms with van der Waals surface area (Å²) in [5.41, 5.74) is 2.55. The van der Waals surface area contributed by atoms with Crippen LogP contribution in [0.5, 0.6) is 0 Å². The van der Waals surface area contributed by atoms with Gasteiger partial charge < -0.3 is 9.88 Å². The third-order valence-electron chi connectivity index (χ3n) is 4.43. The van der Waals surface area contributed by atoms with E-state index >= 15 is 0 Å². The molecule has 0 spiro atoms. The fourth-order valence-electron chi connectivity index (χ4n) is 2.92. The van der Waals surface area contributed by atoms with E-state index in [-0.39, 0.29) is 11.7 Å². The third kappa shape index (κ3) is 5.35. The summed E-state index contributed by atoms with van der Waals surface area (Å²) in [7, 11) is 0.